The van der Waals surface area contributed by atoms with Crippen molar-refractivity contribution in [2.24, 2.45) is 11.7 Å². The van der Waals surface area contributed by atoms with Gasteiger partial charge in [-0.15, -0.1) is 0 Å². The molecule has 0 radical (unpaired) electrons. The van der Waals surface area contributed by atoms with Crippen LogP contribution >= 0.6 is 0 Å². The van der Waals surface area contributed by atoms with Gasteiger partial charge >= 0.3 is 0 Å². The summed E-state index contributed by atoms with van der Waals surface area (Å²) in [5.74, 6) is 0.00117. The molecule has 0 saturated carbocycles. The molecule has 1 aromatic heterocycles. The normalized spacial score (nSPS) is 13.8. The summed E-state index contributed by atoms with van der Waals surface area (Å²) in [6, 6.07) is 8.87. The Morgan fingerprint density at radius 2 is 2.25 bits per heavy atom. The van der Waals surface area contributed by atoms with Crippen LogP contribution in [0.25, 0.3) is 5.69 Å². The van der Waals surface area contributed by atoms with E-state index in [4.69, 9.17) is 5.73 Å². The lowest BCUT2D eigenvalue weighted by molar-refractivity contribution is -0.118. The molecule has 1 amide bonds. The SMILES string of the molecule is CCC(C)[C@H](N)C(=O)Nc1cccc(-n2cccn2)c1. The summed E-state index contributed by atoms with van der Waals surface area (Å²) in [4.78, 5) is 12.1. The van der Waals surface area contributed by atoms with Crippen LogP contribution in [0.4, 0.5) is 5.69 Å². The highest BCUT2D eigenvalue weighted by atomic mass is 16.2. The highest BCUT2D eigenvalue weighted by Crippen LogP contribution is 2.15. The lowest BCUT2D eigenvalue weighted by Gasteiger charge is -2.18. The third kappa shape index (κ3) is 3.24. The number of nitrogens with one attached hydrogen (secondary N) is 1. The second kappa shape index (κ2) is 6.34. The molecule has 0 spiro atoms. The summed E-state index contributed by atoms with van der Waals surface area (Å²) >= 11 is 0. The topological polar surface area (TPSA) is 72.9 Å². The second-order valence-electron chi connectivity index (χ2n) is 4.90. The van der Waals surface area contributed by atoms with E-state index in [2.05, 4.69) is 10.4 Å². The first-order valence-electron chi connectivity index (χ1n) is 6.78. The van der Waals surface area contributed by atoms with Gasteiger partial charge in [0.15, 0.2) is 0 Å². The summed E-state index contributed by atoms with van der Waals surface area (Å²) in [5.41, 5.74) is 7.54. The molecule has 5 heteroatoms. The van der Waals surface area contributed by atoms with Gasteiger partial charge in [0.05, 0.1) is 11.7 Å². The number of hydrogen-bond donors (Lipinski definition) is 2. The van der Waals surface area contributed by atoms with Crippen molar-refractivity contribution in [3.63, 3.8) is 0 Å². The Hall–Kier alpha value is -2.14. The summed E-state index contributed by atoms with van der Waals surface area (Å²) < 4.78 is 1.74. The van der Waals surface area contributed by atoms with Gasteiger partial charge in [-0.25, -0.2) is 4.68 Å². The first kappa shape index (κ1) is 14.3. The van der Waals surface area contributed by atoms with Crippen LogP contribution in [0.15, 0.2) is 42.7 Å². The van der Waals surface area contributed by atoms with Crippen molar-refractivity contribution in [2.45, 2.75) is 26.3 Å². The molecule has 3 N–H and O–H groups in total. The molecule has 0 fully saturated rings. The molecule has 2 aromatic rings. The molecule has 5 nitrogen and oxygen atoms in total. The van der Waals surface area contributed by atoms with E-state index < -0.39 is 6.04 Å². The van der Waals surface area contributed by atoms with Crippen molar-refractivity contribution in [1.29, 1.82) is 0 Å². The Morgan fingerprint density at radius 3 is 2.90 bits per heavy atom. The van der Waals surface area contributed by atoms with Crippen LogP contribution in [0.1, 0.15) is 20.3 Å². The number of carbonyl (C=O) groups is 1. The number of carbonyl (C=O) groups excluding carboxylic acids is 1. The molecular weight excluding hydrogens is 252 g/mol. The van der Waals surface area contributed by atoms with Crippen molar-refractivity contribution < 1.29 is 4.79 Å². The molecule has 0 saturated heterocycles. The first-order valence-corrected chi connectivity index (χ1v) is 6.78. The zero-order valence-corrected chi connectivity index (χ0v) is 11.8. The number of nitrogens with zero attached hydrogens (tertiary/aromatic N) is 2. The van der Waals surface area contributed by atoms with Crippen LogP contribution in [0.3, 0.4) is 0 Å². The monoisotopic (exact) mass is 272 g/mol. The minimum absolute atomic E-state index is 0.156. The third-order valence-electron chi connectivity index (χ3n) is 3.44. The van der Waals surface area contributed by atoms with E-state index in [1.54, 1.807) is 10.9 Å². The number of aromatic nitrogens is 2. The number of benzene rings is 1. The van der Waals surface area contributed by atoms with Gasteiger partial charge in [-0.05, 0) is 30.2 Å². The van der Waals surface area contributed by atoms with Gasteiger partial charge in [0.2, 0.25) is 5.91 Å². The van der Waals surface area contributed by atoms with E-state index in [1.807, 2.05) is 50.4 Å². The van der Waals surface area contributed by atoms with Crippen LogP contribution in [-0.4, -0.2) is 21.7 Å². The molecule has 0 aliphatic carbocycles. The van der Waals surface area contributed by atoms with Crippen LogP contribution in [-0.2, 0) is 4.79 Å². The standard InChI is InChI=1S/C15H20N4O/c1-3-11(2)14(16)15(20)18-12-6-4-7-13(10-12)19-9-5-8-17-19/h4-11,14H,3,16H2,1-2H3,(H,18,20)/t11?,14-/m0/s1. The lowest BCUT2D eigenvalue weighted by Crippen LogP contribution is -2.40. The zero-order valence-electron chi connectivity index (χ0n) is 11.8. The van der Waals surface area contributed by atoms with Crippen LogP contribution in [0.2, 0.25) is 0 Å². The molecule has 2 atom stereocenters. The minimum atomic E-state index is -0.492. The van der Waals surface area contributed by atoms with E-state index >= 15 is 0 Å². The smallest absolute Gasteiger partial charge is 0.241 e. The Balaban J connectivity index is 2.10. The van der Waals surface area contributed by atoms with E-state index in [-0.39, 0.29) is 11.8 Å². The fourth-order valence-corrected chi connectivity index (χ4v) is 1.89. The van der Waals surface area contributed by atoms with Crippen molar-refractivity contribution in [3.8, 4) is 5.69 Å². The predicted octanol–water partition coefficient (Wildman–Crippen LogP) is 2.18. The molecule has 0 aliphatic heterocycles. The summed E-state index contributed by atoms with van der Waals surface area (Å²) in [5, 5.41) is 7.02. The molecule has 1 unspecified atom stereocenters. The third-order valence-corrected chi connectivity index (χ3v) is 3.44. The fraction of sp³-hybridized carbons (Fsp3) is 0.333. The van der Waals surface area contributed by atoms with Gasteiger partial charge in [0.1, 0.15) is 0 Å². The van der Waals surface area contributed by atoms with E-state index in [0.717, 1.165) is 17.8 Å². The second-order valence-corrected chi connectivity index (χ2v) is 4.90. The lowest BCUT2D eigenvalue weighted by atomic mass is 9.99. The van der Waals surface area contributed by atoms with Gasteiger partial charge in [0, 0.05) is 18.1 Å². The zero-order chi connectivity index (χ0) is 14.5. The average molecular weight is 272 g/mol. The number of rotatable bonds is 5. The summed E-state index contributed by atoms with van der Waals surface area (Å²) in [6.07, 6.45) is 4.44. The van der Waals surface area contributed by atoms with Crippen LogP contribution in [0, 0.1) is 5.92 Å². The molecule has 1 heterocycles. The molecule has 106 valence electrons. The molecule has 20 heavy (non-hydrogen) atoms. The maximum absolute atomic E-state index is 12.1. The maximum Gasteiger partial charge on any atom is 0.241 e. The number of anilines is 1. The number of nitrogens with two attached hydrogens (primary N) is 1. The largest absolute Gasteiger partial charge is 0.325 e. The average Bonchev–Trinajstić information content (AvgIpc) is 3.00. The quantitative estimate of drug-likeness (QED) is 0.876. The number of hydrogen-bond acceptors (Lipinski definition) is 3. The van der Waals surface area contributed by atoms with Crippen molar-refractivity contribution in [3.05, 3.63) is 42.7 Å². The Labute approximate surface area is 118 Å². The van der Waals surface area contributed by atoms with E-state index in [9.17, 15) is 4.79 Å². The van der Waals surface area contributed by atoms with Gasteiger partial charge in [-0.1, -0.05) is 26.3 Å². The van der Waals surface area contributed by atoms with Crippen molar-refractivity contribution in [1.82, 2.24) is 9.78 Å². The van der Waals surface area contributed by atoms with Crippen LogP contribution in [0.5, 0.6) is 0 Å². The highest BCUT2D eigenvalue weighted by molar-refractivity contribution is 5.95. The molecule has 0 aliphatic rings. The Kier molecular flexibility index (Phi) is 4.53. The Morgan fingerprint density at radius 1 is 1.45 bits per heavy atom. The van der Waals surface area contributed by atoms with Gasteiger partial charge in [-0.3, -0.25) is 4.79 Å². The van der Waals surface area contributed by atoms with E-state index in [0.29, 0.717) is 0 Å². The highest BCUT2D eigenvalue weighted by Gasteiger charge is 2.19. The molecule has 1 aromatic carbocycles. The van der Waals surface area contributed by atoms with Crippen LogP contribution < -0.4 is 11.1 Å². The molecule has 0 bridgehead atoms. The first-order chi connectivity index (χ1) is 9.61. The predicted molar refractivity (Wildman–Crippen MR) is 79.6 cm³/mol. The minimum Gasteiger partial charge on any atom is -0.325 e. The summed E-state index contributed by atoms with van der Waals surface area (Å²) in [6.45, 7) is 4.00. The maximum atomic E-state index is 12.1. The number of amides is 1. The van der Waals surface area contributed by atoms with Gasteiger partial charge < -0.3 is 11.1 Å². The van der Waals surface area contributed by atoms with Crippen molar-refractivity contribution in [2.75, 3.05) is 5.32 Å². The molecule has 2 rings (SSSR count). The summed E-state index contributed by atoms with van der Waals surface area (Å²) in [7, 11) is 0. The Bertz CT molecular complexity index is 565. The van der Waals surface area contributed by atoms with E-state index in [1.165, 1.54) is 0 Å². The van der Waals surface area contributed by atoms with Crippen molar-refractivity contribution >= 4 is 11.6 Å². The van der Waals surface area contributed by atoms with Gasteiger partial charge in [-0.2, -0.15) is 5.10 Å². The van der Waals surface area contributed by atoms with Gasteiger partial charge in [0.25, 0.3) is 0 Å². The fourth-order valence-electron chi connectivity index (χ4n) is 1.89. The molecular formula is C15H20N4O.